The quantitative estimate of drug-likeness (QED) is 0.905. The van der Waals surface area contributed by atoms with E-state index in [1.165, 1.54) is 13.2 Å². The maximum absolute atomic E-state index is 13.6. The highest BCUT2D eigenvalue weighted by molar-refractivity contribution is 5.76. The molecule has 21 heavy (non-hydrogen) atoms. The number of nitrogens with zero attached hydrogens (tertiary/aromatic N) is 1. The molecule has 1 N–H and O–H groups in total. The second-order valence-electron chi connectivity index (χ2n) is 5.62. The van der Waals surface area contributed by atoms with Gasteiger partial charge in [-0.1, -0.05) is 6.07 Å². The van der Waals surface area contributed by atoms with Gasteiger partial charge in [-0.25, -0.2) is 4.39 Å². The lowest BCUT2D eigenvalue weighted by atomic mass is 9.94. The second kappa shape index (κ2) is 7.41. The predicted molar refractivity (Wildman–Crippen MR) is 79.6 cm³/mol. The fraction of sp³-hybridized carbons (Fsp3) is 0.562. The largest absolute Gasteiger partial charge is 0.494 e. The van der Waals surface area contributed by atoms with E-state index in [9.17, 15) is 9.18 Å². The standard InChI is InChI=1S/C16H23FN2O2/c1-19(16(20)10-12-5-7-18-8-6-12)11-13-3-4-15(21-2)14(17)9-13/h3-4,9,12,18H,5-8,10-11H2,1-2H3. The average molecular weight is 294 g/mol. The van der Waals surface area contributed by atoms with Crippen LogP contribution in [0.2, 0.25) is 0 Å². The first kappa shape index (κ1) is 15.8. The average Bonchev–Trinajstić information content (AvgIpc) is 2.48. The van der Waals surface area contributed by atoms with E-state index in [1.807, 2.05) is 0 Å². The highest BCUT2D eigenvalue weighted by Gasteiger charge is 2.19. The topological polar surface area (TPSA) is 41.6 Å². The van der Waals surface area contributed by atoms with Crippen LogP contribution >= 0.6 is 0 Å². The summed E-state index contributed by atoms with van der Waals surface area (Å²) in [7, 11) is 3.21. The zero-order valence-corrected chi connectivity index (χ0v) is 12.7. The molecule has 1 aromatic carbocycles. The van der Waals surface area contributed by atoms with Crippen molar-refractivity contribution in [3.05, 3.63) is 29.6 Å². The Morgan fingerprint density at radius 2 is 2.14 bits per heavy atom. The minimum atomic E-state index is -0.394. The number of nitrogens with one attached hydrogen (secondary N) is 1. The van der Waals surface area contributed by atoms with Gasteiger partial charge in [-0.05, 0) is 49.5 Å². The zero-order valence-electron chi connectivity index (χ0n) is 12.7. The van der Waals surface area contributed by atoms with Crippen molar-refractivity contribution in [3.8, 4) is 5.75 Å². The van der Waals surface area contributed by atoms with E-state index in [1.54, 1.807) is 24.1 Å². The van der Waals surface area contributed by atoms with Crippen molar-refractivity contribution in [2.75, 3.05) is 27.2 Å². The number of halogens is 1. The van der Waals surface area contributed by atoms with Crippen LogP contribution in [-0.4, -0.2) is 38.1 Å². The molecule has 0 bridgehead atoms. The van der Waals surface area contributed by atoms with Crippen molar-refractivity contribution in [2.24, 2.45) is 5.92 Å². The van der Waals surface area contributed by atoms with Crippen LogP contribution in [0.3, 0.4) is 0 Å². The maximum Gasteiger partial charge on any atom is 0.222 e. The summed E-state index contributed by atoms with van der Waals surface area (Å²) in [5, 5.41) is 3.30. The van der Waals surface area contributed by atoms with Crippen molar-refractivity contribution in [2.45, 2.75) is 25.8 Å². The third kappa shape index (κ3) is 4.43. The Kier molecular flexibility index (Phi) is 5.56. The van der Waals surface area contributed by atoms with Crippen LogP contribution in [0.5, 0.6) is 5.75 Å². The summed E-state index contributed by atoms with van der Waals surface area (Å²) in [5.41, 5.74) is 0.773. The molecular formula is C16H23FN2O2. The molecule has 0 unspecified atom stereocenters. The molecule has 0 saturated carbocycles. The third-order valence-corrected chi connectivity index (χ3v) is 3.98. The smallest absolute Gasteiger partial charge is 0.222 e. The molecule has 1 saturated heterocycles. The van der Waals surface area contributed by atoms with Crippen LogP contribution in [0.25, 0.3) is 0 Å². The molecule has 1 aliphatic heterocycles. The highest BCUT2D eigenvalue weighted by Crippen LogP contribution is 2.20. The van der Waals surface area contributed by atoms with Gasteiger partial charge in [0, 0.05) is 20.0 Å². The lowest BCUT2D eigenvalue weighted by Crippen LogP contribution is -2.33. The van der Waals surface area contributed by atoms with Crippen LogP contribution in [0.4, 0.5) is 4.39 Å². The summed E-state index contributed by atoms with van der Waals surface area (Å²) in [4.78, 5) is 13.9. The van der Waals surface area contributed by atoms with Crippen LogP contribution in [0, 0.1) is 11.7 Å². The van der Waals surface area contributed by atoms with E-state index >= 15 is 0 Å². The summed E-state index contributed by atoms with van der Waals surface area (Å²) < 4.78 is 18.5. The molecule has 0 aromatic heterocycles. The molecular weight excluding hydrogens is 271 g/mol. The molecule has 0 spiro atoms. The van der Waals surface area contributed by atoms with E-state index in [0.29, 0.717) is 18.9 Å². The van der Waals surface area contributed by atoms with Crippen molar-refractivity contribution in [3.63, 3.8) is 0 Å². The summed E-state index contributed by atoms with van der Waals surface area (Å²) in [6.45, 7) is 2.40. The number of hydrogen-bond acceptors (Lipinski definition) is 3. The Balaban J connectivity index is 1.89. The fourth-order valence-corrected chi connectivity index (χ4v) is 2.66. The van der Waals surface area contributed by atoms with Gasteiger partial charge in [0.1, 0.15) is 0 Å². The van der Waals surface area contributed by atoms with Crippen molar-refractivity contribution in [1.29, 1.82) is 0 Å². The normalized spacial score (nSPS) is 15.8. The SMILES string of the molecule is COc1ccc(CN(C)C(=O)CC2CCNCC2)cc1F. The number of piperidine rings is 1. The van der Waals surface area contributed by atoms with Gasteiger partial charge in [-0.15, -0.1) is 0 Å². The second-order valence-corrected chi connectivity index (χ2v) is 5.62. The van der Waals surface area contributed by atoms with Crippen LogP contribution in [0.15, 0.2) is 18.2 Å². The predicted octanol–water partition coefficient (Wildman–Crippen LogP) is 2.18. The van der Waals surface area contributed by atoms with Crippen molar-refractivity contribution < 1.29 is 13.9 Å². The number of hydrogen-bond donors (Lipinski definition) is 1. The molecule has 1 aromatic rings. The maximum atomic E-state index is 13.6. The van der Waals surface area contributed by atoms with Gasteiger partial charge in [-0.2, -0.15) is 0 Å². The highest BCUT2D eigenvalue weighted by atomic mass is 19.1. The van der Waals surface area contributed by atoms with Gasteiger partial charge in [0.05, 0.1) is 7.11 Å². The van der Waals surface area contributed by atoms with Crippen LogP contribution in [-0.2, 0) is 11.3 Å². The number of carbonyl (C=O) groups excluding carboxylic acids is 1. The number of methoxy groups -OCH3 is 1. The number of rotatable bonds is 5. The van der Waals surface area contributed by atoms with E-state index in [-0.39, 0.29) is 11.7 Å². The van der Waals surface area contributed by atoms with Gasteiger partial charge < -0.3 is 15.0 Å². The minimum Gasteiger partial charge on any atom is -0.494 e. The van der Waals surface area contributed by atoms with E-state index < -0.39 is 5.82 Å². The van der Waals surface area contributed by atoms with E-state index in [4.69, 9.17) is 4.74 Å². The molecule has 5 heteroatoms. The van der Waals surface area contributed by atoms with Gasteiger partial charge in [0.15, 0.2) is 11.6 Å². The Morgan fingerprint density at radius 1 is 1.43 bits per heavy atom. The summed E-state index contributed by atoms with van der Waals surface area (Å²) in [6, 6.07) is 4.80. The summed E-state index contributed by atoms with van der Waals surface area (Å²) >= 11 is 0. The molecule has 2 rings (SSSR count). The third-order valence-electron chi connectivity index (χ3n) is 3.98. The molecule has 1 fully saturated rings. The number of carbonyl (C=O) groups is 1. The van der Waals surface area contributed by atoms with Gasteiger partial charge in [-0.3, -0.25) is 4.79 Å². The summed E-state index contributed by atoms with van der Waals surface area (Å²) in [5.74, 6) is 0.420. The fourth-order valence-electron chi connectivity index (χ4n) is 2.66. The first-order chi connectivity index (χ1) is 10.1. The molecule has 0 radical (unpaired) electrons. The lowest BCUT2D eigenvalue weighted by Gasteiger charge is -2.25. The Labute approximate surface area is 125 Å². The Hall–Kier alpha value is -1.62. The van der Waals surface area contributed by atoms with Crippen molar-refractivity contribution in [1.82, 2.24) is 10.2 Å². The van der Waals surface area contributed by atoms with Crippen molar-refractivity contribution >= 4 is 5.91 Å². The van der Waals surface area contributed by atoms with E-state index in [0.717, 1.165) is 31.5 Å². The molecule has 0 atom stereocenters. The molecule has 0 aliphatic carbocycles. The van der Waals surface area contributed by atoms with Gasteiger partial charge >= 0.3 is 0 Å². The monoisotopic (exact) mass is 294 g/mol. The van der Waals surface area contributed by atoms with Crippen LogP contribution < -0.4 is 10.1 Å². The Bertz CT molecular complexity index is 487. The lowest BCUT2D eigenvalue weighted by molar-refractivity contribution is -0.131. The van der Waals surface area contributed by atoms with Gasteiger partial charge in [0.2, 0.25) is 5.91 Å². The van der Waals surface area contributed by atoms with Crippen LogP contribution in [0.1, 0.15) is 24.8 Å². The molecule has 1 amide bonds. The first-order valence-electron chi connectivity index (χ1n) is 7.37. The molecule has 4 nitrogen and oxygen atoms in total. The zero-order chi connectivity index (χ0) is 15.2. The summed E-state index contributed by atoms with van der Waals surface area (Å²) in [6.07, 6.45) is 2.68. The Morgan fingerprint density at radius 3 is 2.76 bits per heavy atom. The first-order valence-corrected chi connectivity index (χ1v) is 7.37. The minimum absolute atomic E-state index is 0.123. The number of benzene rings is 1. The van der Waals surface area contributed by atoms with E-state index in [2.05, 4.69) is 5.32 Å². The number of amides is 1. The van der Waals surface area contributed by atoms with Gasteiger partial charge in [0.25, 0.3) is 0 Å². The molecule has 116 valence electrons. The number of ether oxygens (including phenoxy) is 1. The molecule has 1 aliphatic rings. The molecule has 1 heterocycles.